The van der Waals surface area contributed by atoms with Crippen molar-refractivity contribution in [2.45, 2.75) is 44.7 Å². The molecule has 2 unspecified atom stereocenters. The summed E-state index contributed by atoms with van der Waals surface area (Å²) in [5.41, 5.74) is 1.28. The van der Waals surface area contributed by atoms with Gasteiger partial charge < -0.3 is 9.64 Å². The summed E-state index contributed by atoms with van der Waals surface area (Å²) in [6, 6.07) is 10.5. The zero-order chi connectivity index (χ0) is 15.1. The first kappa shape index (κ1) is 16.0. The van der Waals surface area contributed by atoms with E-state index in [-0.39, 0.29) is 18.0 Å². The molecule has 2 rings (SSSR count). The maximum absolute atomic E-state index is 12.5. The maximum atomic E-state index is 12.5. The van der Waals surface area contributed by atoms with Crippen molar-refractivity contribution in [1.82, 2.24) is 10.2 Å². The topological polar surface area (TPSA) is 41.6 Å². The summed E-state index contributed by atoms with van der Waals surface area (Å²) in [6.45, 7) is 3.41. The van der Waals surface area contributed by atoms with Gasteiger partial charge in [0.2, 0.25) is 5.91 Å². The van der Waals surface area contributed by atoms with Gasteiger partial charge in [0.25, 0.3) is 0 Å². The molecule has 4 heteroatoms. The van der Waals surface area contributed by atoms with Crippen LogP contribution in [0.5, 0.6) is 0 Å². The van der Waals surface area contributed by atoms with Crippen LogP contribution in [-0.2, 0) is 16.0 Å². The highest BCUT2D eigenvalue weighted by atomic mass is 16.5. The molecule has 0 aliphatic carbocycles. The number of aryl methyl sites for hydroxylation is 1. The van der Waals surface area contributed by atoms with Crippen molar-refractivity contribution in [2.75, 3.05) is 20.4 Å². The first-order valence-corrected chi connectivity index (χ1v) is 7.83. The zero-order valence-corrected chi connectivity index (χ0v) is 13.0. The van der Waals surface area contributed by atoms with Gasteiger partial charge in [0.1, 0.15) is 0 Å². The van der Waals surface area contributed by atoms with Gasteiger partial charge in [-0.05, 0) is 24.8 Å². The highest BCUT2D eigenvalue weighted by Gasteiger charge is 2.34. The Morgan fingerprint density at radius 3 is 2.81 bits per heavy atom. The molecule has 1 aromatic rings. The van der Waals surface area contributed by atoms with E-state index in [1.807, 2.05) is 23.1 Å². The lowest BCUT2D eigenvalue weighted by Gasteiger charge is -2.26. The molecule has 0 bridgehead atoms. The molecule has 0 spiro atoms. The van der Waals surface area contributed by atoms with E-state index in [0.717, 1.165) is 25.7 Å². The van der Waals surface area contributed by atoms with Crippen molar-refractivity contribution < 1.29 is 9.53 Å². The molecule has 0 saturated carbocycles. The van der Waals surface area contributed by atoms with Gasteiger partial charge in [-0.2, -0.15) is 0 Å². The highest BCUT2D eigenvalue weighted by molar-refractivity contribution is 5.84. The van der Waals surface area contributed by atoms with Crippen LogP contribution >= 0.6 is 0 Å². The van der Waals surface area contributed by atoms with E-state index < -0.39 is 0 Å². The molecule has 1 aliphatic heterocycles. The normalized spacial score (nSPS) is 20.0. The van der Waals surface area contributed by atoms with Crippen molar-refractivity contribution in [3.05, 3.63) is 35.9 Å². The Morgan fingerprint density at radius 2 is 2.14 bits per heavy atom. The number of hydrogen-bond donors (Lipinski definition) is 1. The Bertz CT molecular complexity index is 430. The number of nitrogens with zero attached hydrogens (tertiary/aromatic N) is 1. The van der Waals surface area contributed by atoms with Crippen molar-refractivity contribution in [3.8, 4) is 0 Å². The van der Waals surface area contributed by atoms with Crippen LogP contribution in [0.4, 0.5) is 0 Å². The summed E-state index contributed by atoms with van der Waals surface area (Å²) in [7, 11) is 1.70. The fourth-order valence-corrected chi connectivity index (χ4v) is 2.92. The number of methoxy groups -OCH3 is 1. The van der Waals surface area contributed by atoms with Crippen LogP contribution in [0.2, 0.25) is 0 Å². The SMILES string of the molecule is CCCC(COC)N1CNC(CCc2ccccc2)C1=O. The first-order chi connectivity index (χ1) is 10.3. The van der Waals surface area contributed by atoms with E-state index in [0.29, 0.717) is 13.3 Å². The van der Waals surface area contributed by atoms with Crippen LogP contribution in [-0.4, -0.2) is 43.3 Å². The van der Waals surface area contributed by atoms with Crippen LogP contribution in [0, 0.1) is 0 Å². The number of carbonyl (C=O) groups excluding carboxylic acids is 1. The number of nitrogens with one attached hydrogen (secondary N) is 1. The Balaban J connectivity index is 1.88. The van der Waals surface area contributed by atoms with E-state index in [1.165, 1.54) is 5.56 Å². The lowest BCUT2D eigenvalue weighted by atomic mass is 10.0. The van der Waals surface area contributed by atoms with Gasteiger partial charge in [0.05, 0.1) is 25.4 Å². The van der Waals surface area contributed by atoms with Gasteiger partial charge in [-0.3, -0.25) is 10.1 Å². The van der Waals surface area contributed by atoms with Gasteiger partial charge in [-0.25, -0.2) is 0 Å². The fourth-order valence-electron chi connectivity index (χ4n) is 2.92. The van der Waals surface area contributed by atoms with Crippen LogP contribution in [0.3, 0.4) is 0 Å². The largest absolute Gasteiger partial charge is 0.383 e. The molecule has 1 N–H and O–H groups in total. The van der Waals surface area contributed by atoms with E-state index in [2.05, 4.69) is 24.4 Å². The van der Waals surface area contributed by atoms with Crippen LogP contribution in [0.25, 0.3) is 0 Å². The van der Waals surface area contributed by atoms with Crippen molar-refractivity contribution in [1.29, 1.82) is 0 Å². The quantitative estimate of drug-likeness (QED) is 0.798. The van der Waals surface area contributed by atoms with Crippen molar-refractivity contribution >= 4 is 5.91 Å². The predicted molar refractivity (Wildman–Crippen MR) is 84.0 cm³/mol. The number of amides is 1. The second-order valence-electron chi connectivity index (χ2n) is 5.64. The summed E-state index contributed by atoms with van der Waals surface area (Å²) in [5.74, 6) is 0.224. The Labute approximate surface area is 127 Å². The molecule has 1 aliphatic rings. The predicted octanol–water partition coefficient (Wildman–Crippen LogP) is 2.19. The molecule has 2 atom stereocenters. The summed E-state index contributed by atoms with van der Waals surface area (Å²) in [6.07, 6.45) is 3.84. The number of benzene rings is 1. The molecule has 1 saturated heterocycles. The molecule has 116 valence electrons. The number of carbonyl (C=O) groups is 1. The average molecular weight is 290 g/mol. The highest BCUT2D eigenvalue weighted by Crippen LogP contribution is 2.16. The van der Waals surface area contributed by atoms with Gasteiger partial charge in [-0.1, -0.05) is 43.7 Å². The summed E-state index contributed by atoms with van der Waals surface area (Å²) in [5, 5.41) is 3.34. The molecular weight excluding hydrogens is 264 g/mol. The minimum Gasteiger partial charge on any atom is -0.383 e. The molecule has 1 heterocycles. The van der Waals surface area contributed by atoms with E-state index >= 15 is 0 Å². The van der Waals surface area contributed by atoms with Crippen molar-refractivity contribution in [3.63, 3.8) is 0 Å². The number of ether oxygens (including phenoxy) is 1. The van der Waals surface area contributed by atoms with E-state index in [9.17, 15) is 4.79 Å². The average Bonchev–Trinajstić information content (AvgIpc) is 2.87. The van der Waals surface area contributed by atoms with Gasteiger partial charge in [0.15, 0.2) is 0 Å². The first-order valence-electron chi connectivity index (χ1n) is 7.83. The fraction of sp³-hybridized carbons (Fsp3) is 0.588. The zero-order valence-electron chi connectivity index (χ0n) is 13.0. The maximum Gasteiger partial charge on any atom is 0.241 e. The molecule has 1 amide bonds. The monoisotopic (exact) mass is 290 g/mol. The molecule has 1 aromatic carbocycles. The Morgan fingerprint density at radius 1 is 1.38 bits per heavy atom. The Kier molecular flexibility index (Phi) is 6.21. The minimum atomic E-state index is -0.0542. The van der Waals surface area contributed by atoms with Gasteiger partial charge in [0, 0.05) is 7.11 Å². The molecule has 1 fully saturated rings. The van der Waals surface area contributed by atoms with E-state index in [1.54, 1.807) is 7.11 Å². The van der Waals surface area contributed by atoms with Gasteiger partial charge >= 0.3 is 0 Å². The molecule has 0 aromatic heterocycles. The third kappa shape index (κ3) is 4.29. The van der Waals surface area contributed by atoms with Crippen LogP contribution < -0.4 is 5.32 Å². The lowest BCUT2D eigenvalue weighted by molar-refractivity contribution is -0.132. The van der Waals surface area contributed by atoms with Crippen LogP contribution in [0.1, 0.15) is 31.7 Å². The number of hydrogen-bond acceptors (Lipinski definition) is 3. The second kappa shape index (κ2) is 8.15. The van der Waals surface area contributed by atoms with Crippen molar-refractivity contribution in [2.24, 2.45) is 0 Å². The van der Waals surface area contributed by atoms with E-state index in [4.69, 9.17) is 4.74 Å². The number of rotatable bonds is 8. The smallest absolute Gasteiger partial charge is 0.241 e. The molecule has 4 nitrogen and oxygen atoms in total. The molecule has 0 radical (unpaired) electrons. The molecule has 21 heavy (non-hydrogen) atoms. The standard InChI is InChI=1S/C17H26N2O2/c1-3-7-15(12-21-2)19-13-18-16(17(19)20)11-10-14-8-5-4-6-9-14/h4-6,8-9,15-16,18H,3,7,10-13H2,1-2H3. The second-order valence-corrected chi connectivity index (χ2v) is 5.64. The lowest BCUT2D eigenvalue weighted by Crippen LogP contribution is -2.41. The Hall–Kier alpha value is -1.39. The summed E-state index contributed by atoms with van der Waals surface area (Å²) >= 11 is 0. The minimum absolute atomic E-state index is 0.0542. The third-order valence-electron chi connectivity index (χ3n) is 4.08. The van der Waals surface area contributed by atoms with Crippen LogP contribution in [0.15, 0.2) is 30.3 Å². The van der Waals surface area contributed by atoms with Gasteiger partial charge in [-0.15, -0.1) is 0 Å². The summed E-state index contributed by atoms with van der Waals surface area (Å²) < 4.78 is 5.26. The summed E-state index contributed by atoms with van der Waals surface area (Å²) in [4.78, 5) is 14.5. The third-order valence-corrected chi connectivity index (χ3v) is 4.08. The molecular formula is C17H26N2O2.